The van der Waals surface area contributed by atoms with Gasteiger partial charge in [-0.25, -0.2) is 19.4 Å². The summed E-state index contributed by atoms with van der Waals surface area (Å²) in [6.45, 7) is 11.8. The highest BCUT2D eigenvalue weighted by Gasteiger charge is 2.34. The first-order valence-electron chi connectivity index (χ1n) is 16.9. The van der Waals surface area contributed by atoms with Gasteiger partial charge in [0.1, 0.15) is 23.7 Å². The van der Waals surface area contributed by atoms with Crippen LogP contribution in [0.25, 0.3) is 0 Å². The van der Waals surface area contributed by atoms with E-state index in [4.69, 9.17) is 37.5 Å². The number of halogens is 3. The molecule has 0 unspecified atom stereocenters. The zero-order valence-corrected chi connectivity index (χ0v) is 29.4. The van der Waals surface area contributed by atoms with E-state index in [0.717, 1.165) is 71.0 Å². The maximum Gasteiger partial charge on any atom is 0.247 e. The summed E-state index contributed by atoms with van der Waals surface area (Å²) in [5.74, 6) is 0.531. The maximum atomic E-state index is 15.1. The van der Waals surface area contributed by atoms with Gasteiger partial charge in [0.15, 0.2) is 5.82 Å². The van der Waals surface area contributed by atoms with Crippen LogP contribution in [0.3, 0.4) is 0 Å². The number of anilines is 5. The third-order valence-electron chi connectivity index (χ3n) is 10.0. The Hall–Kier alpha value is -3.72. The number of amides is 1. The fourth-order valence-corrected chi connectivity index (χ4v) is 7.52. The summed E-state index contributed by atoms with van der Waals surface area (Å²) in [6.07, 6.45) is 5.23. The van der Waals surface area contributed by atoms with Crippen molar-refractivity contribution in [3.8, 4) is 5.75 Å². The molecule has 4 saturated heterocycles. The number of nitrogens with one attached hydrogen (secondary N) is 2. The molecule has 15 heteroatoms. The van der Waals surface area contributed by atoms with Gasteiger partial charge in [-0.15, -0.1) is 0 Å². The second-order valence-electron chi connectivity index (χ2n) is 12.9. The fraction of sp³-hybridized carbons (Fsp3) is 0.457. The topological polar surface area (TPSA) is 108 Å². The Bertz CT molecular complexity index is 1720. The van der Waals surface area contributed by atoms with E-state index in [0.29, 0.717) is 59.4 Å². The van der Waals surface area contributed by atoms with Crippen LogP contribution in [0.2, 0.25) is 10.0 Å². The van der Waals surface area contributed by atoms with Crippen molar-refractivity contribution in [3.63, 3.8) is 0 Å². The normalized spacial score (nSPS) is 20.8. The molecule has 4 aliphatic rings. The maximum absolute atomic E-state index is 15.1. The summed E-state index contributed by atoms with van der Waals surface area (Å²) < 4.78 is 26.4. The largest absolute Gasteiger partial charge is 0.494 e. The smallest absolute Gasteiger partial charge is 0.247 e. The molecular weight excluding hydrogens is 686 g/mol. The van der Waals surface area contributed by atoms with Gasteiger partial charge in [-0.05, 0) is 31.1 Å². The highest BCUT2D eigenvalue weighted by atomic mass is 35.5. The number of methoxy groups -OCH3 is 1. The lowest BCUT2D eigenvalue weighted by Gasteiger charge is -2.46. The number of rotatable bonds is 10. The minimum atomic E-state index is -0.590. The monoisotopic (exact) mass is 726 g/mol. The van der Waals surface area contributed by atoms with Crippen molar-refractivity contribution in [2.45, 2.75) is 37.4 Å². The lowest BCUT2D eigenvalue weighted by Crippen LogP contribution is -2.59. The molecule has 0 radical (unpaired) electrons. The van der Waals surface area contributed by atoms with Crippen molar-refractivity contribution in [1.29, 1.82) is 0 Å². The van der Waals surface area contributed by atoms with E-state index in [9.17, 15) is 4.79 Å². The fourth-order valence-electron chi connectivity index (χ4n) is 7.20. The predicted molar refractivity (Wildman–Crippen MR) is 192 cm³/mol. The first kappa shape index (κ1) is 34.7. The molecule has 7 rings (SSSR count). The van der Waals surface area contributed by atoms with Crippen LogP contribution in [0, 0.1) is 5.82 Å². The molecule has 1 amide bonds. The van der Waals surface area contributed by atoms with Gasteiger partial charge in [0.2, 0.25) is 5.91 Å². The number of nitrogens with zero attached hydrogens (tertiary/aromatic N) is 6. The van der Waals surface area contributed by atoms with E-state index >= 15 is 4.39 Å². The van der Waals surface area contributed by atoms with E-state index < -0.39 is 11.9 Å². The molecule has 1 aromatic heterocycles. The molecule has 3 aromatic rings. The minimum Gasteiger partial charge on any atom is -0.494 e. The van der Waals surface area contributed by atoms with Crippen LogP contribution >= 0.6 is 23.2 Å². The molecule has 4 aliphatic heterocycles. The number of aromatic nitrogens is 2. The molecule has 0 bridgehead atoms. The molecule has 0 spiro atoms. The highest BCUT2D eigenvalue weighted by molar-refractivity contribution is 6.42. The Balaban J connectivity index is 1.08. The Kier molecular flexibility index (Phi) is 10.6. The first-order chi connectivity index (χ1) is 24.3. The van der Waals surface area contributed by atoms with Crippen molar-refractivity contribution >= 4 is 57.8 Å². The zero-order valence-electron chi connectivity index (χ0n) is 27.9. The Labute approximate surface area is 301 Å². The predicted octanol–water partition coefficient (Wildman–Crippen LogP) is 5.67. The van der Waals surface area contributed by atoms with E-state index in [-0.39, 0.29) is 16.0 Å². The van der Waals surface area contributed by atoms with Gasteiger partial charge in [-0.1, -0.05) is 35.8 Å². The van der Waals surface area contributed by atoms with Crippen LogP contribution in [0.15, 0.2) is 49.3 Å². The summed E-state index contributed by atoms with van der Waals surface area (Å²) in [7, 11) is 1.60. The summed E-state index contributed by atoms with van der Waals surface area (Å²) >= 11 is 12.1. The zero-order chi connectivity index (χ0) is 34.8. The molecule has 4 fully saturated rings. The number of carbonyl (C=O) groups excluding carboxylic acids is 1. The van der Waals surface area contributed by atoms with Gasteiger partial charge >= 0.3 is 0 Å². The highest BCUT2D eigenvalue weighted by Crippen LogP contribution is 2.42. The lowest BCUT2D eigenvalue weighted by atomic mass is 10.0. The summed E-state index contributed by atoms with van der Waals surface area (Å²) in [4.78, 5) is 34.8. The molecule has 0 saturated carbocycles. The van der Waals surface area contributed by atoms with Crippen molar-refractivity contribution in [3.05, 3.63) is 70.7 Å². The average molecular weight is 728 g/mol. The number of piperazine rings is 1. The Morgan fingerprint density at radius 1 is 1.00 bits per heavy atom. The van der Waals surface area contributed by atoms with Crippen molar-refractivity contribution < 1.29 is 23.5 Å². The number of hydrogen-bond acceptors (Lipinski definition) is 11. The third kappa shape index (κ3) is 7.21. The van der Waals surface area contributed by atoms with Crippen LogP contribution in [0.4, 0.5) is 33.1 Å². The van der Waals surface area contributed by atoms with Crippen molar-refractivity contribution in [1.82, 2.24) is 19.8 Å². The molecule has 266 valence electrons. The number of benzene rings is 2. The molecule has 2 N–H and O–H groups in total. The number of piperidine rings is 1. The van der Waals surface area contributed by atoms with E-state index in [2.05, 4.69) is 41.9 Å². The lowest BCUT2D eigenvalue weighted by molar-refractivity contribution is -0.111. The van der Waals surface area contributed by atoms with Gasteiger partial charge < -0.3 is 25.0 Å². The van der Waals surface area contributed by atoms with Crippen LogP contribution in [-0.4, -0.2) is 104 Å². The molecule has 12 nitrogen and oxygen atoms in total. The minimum absolute atomic E-state index is 0.130. The number of ether oxygens (including phenoxy) is 2. The first-order valence-corrected chi connectivity index (χ1v) is 17.7. The number of hydrogen-bond donors (Lipinski definition) is 2. The van der Waals surface area contributed by atoms with Crippen LogP contribution in [-0.2, 0) is 14.4 Å². The second-order valence-corrected chi connectivity index (χ2v) is 13.6. The van der Waals surface area contributed by atoms with Crippen molar-refractivity contribution in [2.24, 2.45) is 0 Å². The second kappa shape index (κ2) is 15.3. The molecule has 5 heterocycles. The van der Waals surface area contributed by atoms with Gasteiger partial charge in [-0.3, -0.25) is 19.4 Å². The Morgan fingerprint density at radius 2 is 1.74 bits per heavy atom. The summed E-state index contributed by atoms with van der Waals surface area (Å²) in [6, 6.07) is 9.30. The standard InChI is InChI=1S/C35H41Cl2FN8O4/c1-3-33(47)42-26-16-27(41-31-18-32(40-21-39-31)46-28(8-15-50-46)24-4-5-25(36)34(37)35(24)38)30(48-2)17-29(26)45-9-6-22(7-10-45)43-11-13-44(14-12-43)23-19-49-20-23/h3-5,16-18,21-23,28H,1,6-15,19-20H2,2H3,(H,42,47)(H,39,40,41)/t28-/m1/s1. The van der Waals surface area contributed by atoms with E-state index in [1.54, 1.807) is 30.4 Å². The van der Waals surface area contributed by atoms with E-state index in [1.807, 2.05) is 12.1 Å². The molecule has 2 aromatic carbocycles. The molecule has 1 atom stereocenters. The third-order valence-corrected chi connectivity index (χ3v) is 10.8. The van der Waals surface area contributed by atoms with Crippen molar-refractivity contribution in [2.75, 3.05) is 86.8 Å². The van der Waals surface area contributed by atoms with E-state index in [1.165, 1.54) is 12.4 Å². The van der Waals surface area contributed by atoms with Crippen LogP contribution < -0.4 is 25.3 Å². The van der Waals surface area contributed by atoms with Crippen LogP contribution in [0.5, 0.6) is 5.75 Å². The van der Waals surface area contributed by atoms with Gasteiger partial charge in [-0.2, -0.15) is 0 Å². The quantitative estimate of drug-likeness (QED) is 0.200. The summed E-state index contributed by atoms with van der Waals surface area (Å²) in [5, 5.41) is 7.88. The molecule has 0 aliphatic carbocycles. The molecule has 50 heavy (non-hydrogen) atoms. The average Bonchev–Trinajstić information content (AvgIpc) is 3.60. The van der Waals surface area contributed by atoms with Gasteiger partial charge in [0.05, 0.1) is 66.1 Å². The SMILES string of the molecule is C=CC(=O)Nc1cc(Nc2cc(N3OCC[C@@H]3c3ccc(Cl)c(Cl)c3F)ncn2)c(OC)cc1N1CCC(N2CCN(C3COC3)CC2)CC1. The molecular formula is C35H41Cl2FN8O4. The van der Waals surface area contributed by atoms with Gasteiger partial charge in [0, 0.05) is 69.4 Å². The summed E-state index contributed by atoms with van der Waals surface area (Å²) in [5.41, 5.74) is 2.44. The van der Waals surface area contributed by atoms with Gasteiger partial charge in [0.25, 0.3) is 0 Å². The number of carbonyl (C=O) groups is 1. The Morgan fingerprint density at radius 3 is 2.42 bits per heavy atom. The number of hydroxylamine groups is 1. The van der Waals surface area contributed by atoms with Crippen LogP contribution in [0.1, 0.15) is 30.9 Å².